The smallest absolute Gasteiger partial charge is 0.0895 e. The van der Waals surface area contributed by atoms with E-state index in [4.69, 9.17) is 0 Å². The van der Waals surface area contributed by atoms with Gasteiger partial charge in [0.25, 0.3) is 0 Å². The van der Waals surface area contributed by atoms with Crippen LogP contribution in [-0.4, -0.2) is 19.8 Å². The van der Waals surface area contributed by atoms with Crippen molar-refractivity contribution in [3.63, 3.8) is 0 Å². The van der Waals surface area contributed by atoms with Gasteiger partial charge in [-0.25, -0.2) is 0 Å². The summed E-state index contributed by atoms with van der Waals surface area (Å²) in [4.78, 5) is 0. The van der Waals surface area contributed by atoms with E-state index in [2.05, 4.69) is 11.9 Å². The third-order valence-corrected chi connectivity index (χ3v) is 1.57. The number of likely N-dealkylation sites (N-methyl/N-ethyl adjacent to an activating group) is 1. The Kier molecular flexibility index (Phi) is 5.22. The first-order valence-electron chi connectivity index (χ1n) is 3.61. The molecule has 0 aromatic heterocycles. The summed E-state index contributed by atoms with van der Waals surface area (Å²) in [6.45, 7) is 5.52. The molecule has 1 nitrogen and oxygen atoms in total. The lowest BCUT2D eigenvalue weighted by Crippen LogP contribution is -2.25. The van der Waals surface area contributed by atoms with Gasteiger partial charge in [-0.05, 0) is 26.8 Å². The second-order valence-corrected chi connectivity index (χ2v) is 2.52. The standard InChI is InChI=1S/C8H16FN/c1-7(2)8(10-3)5-4-6-9/h8,10H,1,4-6H2,2-3H3/t8-/m0/s1. The zero-order chi connectivity index (χ0) is 7.98. The predicted octanol–water partition coefficient (Wildman–Crippen LogP) is 1.90. The Balaban J connectivity index is 3.50. The minimum Gasteiger partial charge on any atom is -0.313 e. The summed E-state index contributed by atoms with van der Waals surface area (Å²) >= 11 is 0. The van der Waals surface area contributed by atoms with Crippen molar-refractivity contribution >= 4 is 0 Å². The van der Waals surface area contributed by atoms with Crippen molar-refractivity contribution < 1.29 is 4.39 Å². The Morgan fingerprint density at radius 2 is 2.30 bits per heavy atom. The molecule has 0 aromatic carbocycles. The van der Waals surface area contributed by atoms with Crippen LogP contribution in [0.5, 0.6) is 0 Å². The first kappa shape index (κ1) is 9.63. The van der Waals surface area contributed by atoms with E-state index in [-0.39, 0.29) is 12.7 Å². The monoisotopic (exact) mass is 145 g/mol. The minimum atomic E-state index is -0.231. The lowest BCUT2D eigenvalue weighted by atomic mass is 10.1. The van der Waals surface area contributed by atoms with Gasteiger partial charge in [-0.3, -0.25) is 4.39 Å². The number of hydrogen-bond donors (Lipinski definition) is 1. The molecule has 0 unspecified atom stereocenters. The van der Waals surface area contributed by atoms with Crippen molar-refractivity contribution in [3.05, 3.63) is 12.2 Å². The zero-order valence-electron chi connectivity index (χ0n) is 6.78. The highest BCUT2D eigenvalue weighted by molar-refractivity contribution is 5.00. The third-order valence-electron chi connectivity index (χ3n) is 1.57. The fourth-order valence-electron chi connectivity index (χ4n) is 0.918. The van der Waals surface area contributed by atoms with Crippen molar-refractivity contribution in [1.82, 2.24) is 5.32 Å². The second-order valence-electron chi connectivity index (χ2n) is 2.52. The Bertz CT molecular complexity index is 101. The summed E-state index contributed by atoms with van der Waals surface area (Å²) in [6, 6.07) is 0.288. The summed E-state index contributed by atoms with van der Waals surface area (Å²) in [6.07, 6.45) is 1.47. The quantitative estimate of drug-likeness (QED) is 0.583. The molecule has 0 aliphatic carbocycles. The van der Waals surface area contributed by atoms with Crippen LogP contribution in [0, 0.1) is 0 Å². The number of nitrogens with one attached hydrogen (secondary N) is 1. The van der Waals surface area contributed by atoms with Crippen LogP contribution in [0.3, 0.4) is 0 Å². The lowest BCUT2D eigenvalue weighted by Gasteiger charge is -2.14. The molecule has 1 N–H and O–H groups in total. The van der Waals surface area contributed by atoms with Crippen LogP contribution in [0.15, 0.2) is 12.2 Å². The van der Waals surface area contributed by atoms with Crippen molar-refractivity contribution in [2.24, 2.45) is 0 Å². The van der Waals surface area contributed by atoms with Gasteiger partial charge in [0.2, 0.25) is 0 Å². The molecule has 1 atom stereocenters. The molecule has 0 aliphatic heterocycles. The number of hydrogen-bond acceptors (Lipinski definition) is 1. The van der Waals surface area contributed by atoms with Crippen molar-refractivity contribution in [2.75, 3.05) is 13.7 Å². The fourth-order valence-corrected chi connectivity index (χ4v) is 0.918. The van der Waals surface area contributed by atoms with Gasteiger partial charge in [0.05, 0.1) is 6.67 Å². The van der Waals surface area contributed by atoms with E-state index in [0.29, 0.717) is 6.42 Å². The van der Waals surface area contributed by atoms with E-state index < -0.39 is 0 Å². The summed E-state index contributed by atoms with van der Waals surface area (Å²) in [5.41, 5.74) is 1.08. The summed E-state index contributed by atoms with van der Waals surface area (Å²) < 4.78 is 11.7. The van der Waals surface area contributed by atoms with E-state index in [0.717, 1.165) is 12.0 Å². The van der Waals surface area contributed by atoms with Gasteiger partial charge in [-0.1, -0.05) is 12.2 Å². The minimum absolute atomic E-state index is 0.231. The maximum Gasteiger partial charge on any atom is 0.0895 e. The molecule has 0 rings (SSSR count). The molecule has 60 valence electrons. The SMILES string of the molecule is C=C(C)[C@H](CCCF)NC. The van der Waals surface area contributed by atoms with Gasteiger partial charge in [-0.2, -0.15) is 0 Å². The Labute approximate surface area is 62.3 Å². The van der Waals surface area contributed by atoms with E-state index in [1.807, 2.05) is 14.0 Å². The summed E-state index contributed by atoms with van der Waals surface area (Å²) in [7, 11) is 1.87. The summed E-state index contributed by atoms with van der Waals surface area (Å²) in [5, 5.41) is 3.07. The van der Waals surface area contributed by atoms with Gasteiger partial charge in [0.1, 0.15) is 0 Å². The Hall–Kier alpha value is -0.370. The van der Waals surface area contributed by atoms with Crippen molar-refractivity contribution in [1.29, 1.82) is 0 Å². The highest BCUT2D eigenvalue weighted by Crippen LogP contribution is 2.05. The molecule has 0 saturated carbocycles. The van der Waals surface area contributed by atoms with E-state index >= 15 is 0 Å². The van der Waals surface area contributed by atoms with Crippen LogP contribution in [0.2, 0.25) is 0 Å². The molecule has 0 saturated heterocycles. The van der Waals surface area contributed by atoms with Crippen molar-refractivity contribution in [2.45, 2.75) is 25.8 Å². The highest BCUT2D eigenvalue weighted by atomic mass is 19.1. The van der Waals surface area contributed by atoms with Gasteiger partial charge in [0.15, 0.2) is 0 Å². The molecule has 0 spiro atoms. The molecule has 0 fully saturated rings. The van der Waals surface area contributed by atoms with Crippen LogP contribution in [0.25, 0.3) is 0 Å². The van der Waals surface area contributed by atoms with Crippen molar-refractivity contribution in [3.8, 4) is 0 Å². The molecule has 2 heteroatoms. The number of halogens is 1. The topological polar surface area (TPSA) is 12.0 Å². The maximum absolute atomic E-state index is 11.7. The molecule has 0 amide bonds. The molecular weight excluding hydrogens is 129 g/mol. The van der Waals surface area contributed by atoms with E-state index in [1.165, 1.54) is 0 Å². The number of alkyl halides is 1. The van der Waals surface area contributed by atoms with Gasteiger partial charge in [-0.15, -0.1) is 0 Å². The molecule has 0 bridgehead atoms. The van der Waals surface area contributed by atoms with Gasteiger partial charge in [0, 0.05) is 6.04 Å². The average molecular weight is 145 g/mol. The highest BCUT2D eigenvalue weighted by Gasteiger charge is 2.04. The molecule has 0 aliphatic rings. The number of rotatable bonds is 5. The van der Waals surface area contributed by atoms with Crippen LogP contribution in [0.4, 0.5) is 4.39 Å². The fraction of sp³-hybridized carbons (Fsp3) is 0.750. The molecular formula is C8H16FN. The lowest BCUT2D eigenvalue weighted by molar-refractivity contribution is 0.438. The molecule has 10 heavy (non-hydrogen) atoms. The predicted molar refractivity (Wildman–Crippen MR) is 42.9 cm³/mol. The third kappa shape index (κ3) is 3.62. The van der Waals surface area contributed by atoms with Crippen LogP contribution in [0.1, 0.15) is 19.8 Å². The average Bonchev–Trinajstić information content (AvgIpc) is 1.89. The molecule has 0 radical (unpaired) electrons. The summed E-state index contributed by atoms with van der Waals surface area (Å²) in [5.74, 6) is 0. The van der Waals surface area contributed by atoms with E-state index in [1.54, 1.807) is 0 Å². The first-order valence-corrected chi connectivity index (χ1v) is 3.61. The van der Waals surface area contributed by atoms with E-state index in [9.17, 15) is 4.39 Å². The second kappa shape index (κ2) is 5.42. The first-order chi connectivity index (χ1) is 4.72. The van der Waals surface area contributed by atoms with Gasteiger partial charge >= 0.3 is 0 Å². The molecule has 0 aromatic rings. The van der Waals surface area contributed by atoms with Crippen LogP contribution < -0.4 is 5.32 Å². The Morgan fingerprint density at radius 3 is 2.60 bits per heavy atom. The van der Waals surface area contributed by atoms with Crippen LogP contribution in [-0.2, 0) is 0 Å². The Morgan fingerprint density at radius 1 is 1.70 bits per heavy atom. The maximum atomic E-state index is 11.7. The molecule has 0 heterocycles. The zero-order valence-corrected chi connectivity index (χ0v) is 6.78. The normalized spacial score (nSPS) is 13.1. The van der Waals surface area contributed by atoms with Crippen LogP contribution >= 0.6 is 0 Å². The largest absolute Gasteiger partial charge is 0.313 e. The van der Waals surface area contributed by atoms with Gasteiger partial charge < -0.3 is 5.32 Å².